The summed E-state index contributed by atoms with van der Waals surface area (Å²) < 4.78 is 1.80. The van der Waals surface area contributed by atoms with Gasteiger partial charge in [-0.3, -0.25) is 5.10 Å². The zero-order valence-corrected chi connectivity index (χ0v) is 14.0. The van der Waals surface area contributed by atoms with E-state index in [1.54, 1.807) is 4.52 Å². The highest BCUT2D eigenvalue weighted by atomic mass is 32.1. The molecule has 8 heteroatoms. The van der Waals surface area contributed by atoms with Crippen molar-refractivity contribution in [3.63, 3.8) is 0 Å². The van der Waals surface area contributed by atoms with Crippen molar-refractivity contribution < 1.29 is 0 Å². The van der Waals surface area contributed by atoms with Crippen molar-refractivity contribution in [2.45, 2.75) is 13.3 Å². The summed E-state index contributed by atoms with van der Waals surface area (Å²) in [5, 5.41) is 15.7. The van der Waals surface area contributed by atoms with E-state index in [-0.39, 0.29) is 0 Å². The topological polar surface area (TPSA) is 96.9 Å². The van der Waals surface area contributed by atoms with E-state index in [0.717, 1.165) is 45.7 Å². The maximum absolute atomic E-state index is 5.83. The molecule has 0 amide bonds. The predicted molar refractivity (Wildman–Crippen MR) is 96.2 cm³/mol. The Morgan fingerprint density at radius 1 is 1.38 bits per heavy atom. The first-order valence-electron chi connectivity index (χ1n) is 7.64. The van der Waals surface area contributed by atoms with Crippen LogP contribution in [0.2, 0.25) is 0 Å². The lowest BCUT2D eigenvalue weighted by atomic mass is 10.1. The molecule has 0 saturated carbocycles. The normalized spacial score (nSPS) is 11.2. The lowest BCUT2D eigenvalue weighted by molar-refractivity contribution is 0.944. The van der Waals surface area contributed by atoms with Crippen LogP contribution in [0.3, 0.4) is 0 Å². The van der Waals surface area contributed by atoms with Crippen LogP contribution < -0.4 is 11.1 Å². The second kappa shape index (κ2) is 5.97. The van der Waals surface area contributed by atoms with Crippen LogP contribution in [0.25, 0.3) is 16.2 Å². The SMILES string of the molecule is Cc1[nH]ncc1CCNc1nn2cc(-c3cccc(N)c3)nc2s1. The standard InChI is InChI=1S/C16H17N7S/c1-10-12(8-19-21-10)5-6-18-15-22-23-9-14(20-16(23)24-15)11-3-2-4-13(17)7-11/h2-4,7-9H,5-6,17H2,1H3,(H,18,22)(H,19,21). The number of nitrogen functional groups attached to an aromatic ring is 1. The summed E-state index contributed by atoms with van der Waals surface area (Å²) in [6, 6.07) is 7.70. The van der Waals surface area contributed by atoms with Gasteiger partial charge in [0.15, 0.2) is 0 Å². The average molecular weight is 339 g/mol. The number of anilines is 2. The summed E-state index contributed by atoms with van der Waals surface area (Å²) in [5.74, 6) is 0. The molecule has 0 aliphatic heterocycles. The van der Waals surface area contributed by atoms with Crippen LogP contribution in [-0.2, 0) is 6.42 Å². The second-order valence-electron chi connectivity index (χ2n) is 5.58. The van der Waals surface area contributed by atoms with Crippen molar-refractivity contribution in [3.8, 4) is 11.3 Å². The third-order valence-corrected chi connectivity index (χ3v) is 4.71. The molecule has 0 fully saturated rings. The summed E-state index contributed by atoms with van der Waals surface area (Å²) in [6.45, 7) is 2.83. The monoisotopic (exact) mass is 339 g/mol. The molecule has 4 aromatic rings. The molecular weight excluding hydrogens is 322 g/mol. The molecule has 0 saturated heterocycles. The highest BCUT2D eigenvalue weighted by molar-refractivity contribution is 7.20. The number of rotatable bonds is 5. The Balaban J connectivity index is 1.47. The van der Waals surface area contributed by atoms with Crippen molar-refractivity contribution in [1.82, 2.24) is 24.8 Å². The number of imidazole rings is 1. The molecule has 0 spiro atoms. The molecule has 0 atom stereocenters. The number of aromatic amines is 1. The molecule has 24 heavy (non-hydrogen) atoms. The number of nitrogens with one attached hydrogen (secondary N) is 2. The van der Waals surface area contributed by atoms with Gasteiger partial charge in [0.05, 0.1) is 18.1 Å². The minimum atomic E-state index is 0.730. The molecule has 7 nitrogen and oxygen atoms in total. The molecule has 3 heterocycles. The maximum atomic E-state index is 5.83. The van der Waals surface area contributed by atoms with Gasteiger partial charge in [-0.15, -0.1) is 5.10 Å². The third-order valence-electron chi connectivity index (χ3n) is 3.83. The lowest BCUT2D eigenvalue weighted by Gasteiger charge is -2.01. The largest absolute Gasteiger partial charge is 0.399 e. The number of nitrogens with zero attached hydrogens (tertiary/aromatic N) is 4. The van der Waals surface area contributed by atoms with Crippen molar-refractivity contribution >= 4 is 27.1 Å². The van der Waals surface area contributed by atoms with E-state index < -0.39 is 0 Å². The van der Waals surface area contributed by atoms with Crippen LogP contribution in [0.15, 0.2) is 36.7 Å². The zero-order valence-electron chi connectivity index (χ0n) is 13.2. The van der Waals surface area contributed by atoms with E-state index in [9.17, 15) is 0 Å². The minimum Gasteiger partial charge on any atom is -0.399 e. The van der Waals surface area contributed by atoms with Gasteiger partial charge in [0.1, 0.15) is 0 Å². The van der Waals surface area contributed by atoms with Gasteiger partial charge in [0.25, 0.3) is 0 Å². The molecule has 3 aromatic heterocycles. The highest BCUT2D eigenvalue weighted by Gasteiger charge is 2.10. The van der Waals surface area contributed by atoms with Gasteiger partial charge in [-0.1, -0.05) is 23.5 Å². The average Bonchev–Trinajstić information content (AvgIpc) is 3.23. The Morgan fingerprint density at radius 2 is 2.29 bits per heavy atom. The van der Waals surface area contributed by atoms with E-state index in [4.69, 9.17) is 5.73 Å². The Bertz CT molecular complexity index is 950. The van der Waals surface area contributed by atoms with Crippen molar-refractivity contribution in [2.75, 3.05) is 17.6 Å². The van der Waals surface area contributed by atoms with Gasteiger partial charge in [-0.2, -0.15) is 5.10 Å². The Kier molecular flexibility index (Phi) is 3.66. The van der Waals surface area contributed by atoms with E-state index in [1.165, 1.54) is 16.9 Å². The number of H-pyrrole nitrogens is 1. The van der Waals surface area contributed by atoms with Crippen LogP contribution in [0.1, 0.15) is 11.3 Å². The molecule has 122 valence electrons. The van der Waals surface area contributed by atoms with Crippen LogP contribution in [0, 0.1) is 6.92 Å². The van der Waals surface area contributed by atoms with Gasteiger partial charge in [0, 0.05) is 23.5 Å². The number of nitrogens with two attached hydrogens (primary N) is 1. The first-order chi connectivity index (χ1) is 11.7. The molecule has 0 bridgehead atoms. The first-order valence-corrected chi connectivity index (χ1v) is 8.45. The third kappa shape index (κ3) is 2.83. The first kappa shape index (κ1) is 14.7. The summed E-state index contributed by atoms with van der Waals surface area (Å²) in [7, 11) is 0. The van der Waals surface area contributed by atoms with Crippen molar-refractivity contribution in [2.24, 2.45) is 0 Å². The zero-order chi connectivity index (χ0) is 16.5. The van der Waals surface area contributed by atoms with Gasteiger partial charge in [0.2, 0.25) is 10.1 Å². The number of hydrogen-bond acceptors (Lipinski definition) is 6. The van der Waals surface area contributed by atoms with E-state index in [1.807, 2.05) is 43.6 Å². The van der Waals surface area contributed by atoms with E-state index in [2.05, 4.69) is 25.6 Å². The van der Waals surface area contributed by atoms with Crippen LogP contribution in [-0.4, -0.2) is 31.3 Å². The molecule has 1 aromatic carbocycles. The van der Waals surface area contributed by atoms with Gasteiger partial charge in [-0.05, 0) is 31.0 Å². The lowest BCUT2D eigenvalue weighted by Crippen LogP contribution is -2.05. The molecule has 0 radical (unpaired) electrons. The molecule has 0 unspecified atom stereocenters. The van der Waals surface area contributed by atoms with Gasteiger partial charge < -0.3 is 11.1 Å². The predicted octanol–water partition coefficient (Wildman–Crippen LogP) is 2.73. The van der Waals surface area contributed by atoms with Crippen molar-refractivity contribution in [3.05, 3.63) is 47.9 Å². The maximum Gasteiger partial charge on any atom is 0.214 e. The Morgan fingerprint density at radius 3 is 3.04 bits per heavy atom. The number of aromatic nitrogens is 5. The number of fused-ring (bicyclic) bond motifs is 1. The highest BCUT2D eigenvalue weighted by Crippen LogP contribution is 2.25. The fourth-order valence-corrected chi connectivity index (χ4v) is 3.35. The van der Waals surface area contributed by atoms with Gasteiger partial charge >= 0.3 is 0 Å². The summed E-state index contributed by atoms with van der Waals surface area (Å²) in [5.41, 5.74) is 10.8. The number of benzene rings is 1. The molecule has 0 aliphatic rings. The molecule has 0 aliphatic carbocycles. The molecular formula is C16H17N7S. The molecule has 4 N–H and O–H groups in total. The Hall–Kier alpha value is -2.87. The fourth-order valence-electron chi connectivity index (χ4n) is 2.54. The van der Waals surface area contributed by atoms with E-state index >= 15 is 0 Å². The van der Waals surface area contributed by atoms with Crippen LogP contribution in [0.5, 0.6) is 0 Å². The van der Waals surface area contributed by atoms with Gasteiger partial charge in [-0.25, -0.2) is 9.50 Å². The smallest absolute Gasteiger partial charge is 0.214 e. The summed E-state index contributed by atoms with van der Waals surface area (Å²) in [6.07, 6.45) is 4.69. The minimum absolute atomic E-state index is 0.730. The summed E-state index contributed by atoms with van der Waals surface area (Å²) >= 11 is 1.53. The van der Waals surface area contributed by atoms with E-state index in [0.29, 0.717) is 0 Å². The second-order valence-corrected chi connectivity index (χ2v) is 6.54. The van der Waals surface area contributed by atoms with Crippen molar-refractivity contribution in [1.29, 1.82) is 0 Å². The molecule has 4 rings (SSSR count). The van der Waals surface area contributed by atoms with Crippen LogP contribution >= 0.6 is 11.3 Å². The fraction of sp³-hybridized carbons (Fsp3) is 0.188. The van der Waals surface area contributed by atoms with Crippen LogP contribution in [0.4, 0.5) is 10.8 Å². The quantitative estimate of drug-likeness (QED) is 0.486. The number of aryl methyl sites for hydroxylation is 1. The summed E-state index contributed by atoms with van der Waals surface area (Å²) in [4.78, 5) is 5.48. The Labute approximate surface area is 142 Å². The number of hydrogen-bond donors (Lipinski definition) is 3.